The minimum atomic E-state index is -0.746. The normalized spacial score (nSPS) is 14.1. The van der Waals surface area contributed by atoms with Crippen LogP contribution in [0.15, 0.2) is 54.6 Å². The Morgan fingerprint density at radius 2 is 1.53 bits per heavy atom. The van der Waals surface area contributed by atoms with Crippen LogP contribution in [0.2, 0.25) is 0 Å². The van der Waals surface area contributed by atoms with Gasteiger partial charge in [-0.1, -0.05) is 75.7 Å². The van der Waals surface area contributed by atoms with Crippen molar-refractivity contribution >= 4 is 33.5 Å². The lowest BCUT2D eigenvalue weighted by Gasteiger charge is -2.28. The number of unbranched alkanes of at least 4 members (excludes halogenated alkanes) is 1. The SMILES string of the molecule is CCCCOC(=O)C(C)CC(C)(CC)C(=O)OCc1c2ccccc2cc2ccccc12. The van der Waals surface area contributed by atoms with Crippen LogP contribution >= 0.6 is 0 Å². The fourth-order valence-electron chi connectivity index (χ4n) is 4.17. The van der Waals surface area contributed by atoms with E-state index in [2.05, 4.69) is 37.3 Å². The Balaban J connectivity index is 1.77. The molecule has 0 amide bonds. The van der Waals surface area contributed by atoms with Crippen molar-refractivity contribution in [2.45, 2.75) is 60.0 Å². The van der Waals surface area contributed by atoms with Crippen molar-refractivity contribution in [3.63, 3.8) is 0 Å². The van der Waals surface area contributed by atoms with Gasteiger partial charge in [0.05, 0.1) is 17.9 Å². The first-order chi connectivity index (χ1) is 15.4. The predicted octanol–water partition coefficient (Wildman–Crippen LogP) is 6.82. The monoisotopic (exact) mass is 434 g/mol. The molecule has 0 radical (unpaired) electrons. The van der Waals surface area contributed by atoms with E-state index in [0.29, 0.717) is 19.4 Å². The lowest BCUT2D eigenvalue weighted by Crippen LogP contribution is -2.33. The second-order valence-corrected chi connectivity index (χ2v) is 8.91. The summed E-state index contributed by atoms with van der Waals surface area (Å²) in [6, 6.07) is 18.5. The number of hydrogen-bond donors (Lipinski definition) is 0. The minimum Gasteiger partial charge on any atom is -0.465 e. The van der Waals surface area contributed by atoms with Gasteiger partial charge in [0, 0.05) is 5.56 Å². The third-order valence-electron chi connectivity index (χ3n) is 6.40. The third-order valence-corrected chi connectivity index (χ3v) is 6.40. The number of hydrogen-bond acceptors (Lipinski definition) is 4. The van der Waals surface area contributed by atoms with E-state index < -0.39 is 5.41 Å². The van der Waals surface area contributed by atoms with Crippen LogP contribution in [0.1, 0.15) is 58.9 Å². The zero-order valence-corrected chi connectivity index (χ0v) is 19.6. The van der Waals surface area contributed by atoms with Gasteiger partial charge in [-0.15, -0.1) is 0 Å². The number of esters is 2. The van der Waals surface area contributed by atoms with Crippen molar-refractivity contribution in [1.29, 1.82) is 0 Å². The van der Waals surface area contributed by atoms with E-state index in [1.54, 1.807) is 0 Å². The maximum atomic E-state index is 13.2. The van der Waals surface area contributed by atoms with Crippen LogP contribution < -0.4 is 0 Å². The van der Waals surface area contributed by atoms with Crippen LogP contribution in [0.4, 0.5) is 0 Å². The molecule has 0 aliphatic rings. The van der Waals surface area contributed by atoms with Gasteiger partial charge < -0.3 is 9.47 Å². The van der Waals surface area contributed by atoms with Gasteiger partial charge in [-0.2, -0.15) is 0 Å². The summed E-state index contributed by atoms with van der Waals surface area (Å²) in [6.07, 6.45) is 2.83. The smallest absolute Gasteiger partial charge is 0.312 e. The molecule has 0 bridgehead atoms. The molecule has 4 heteroatoms. The molecule has 0 heterocycles. The van der Waals surface area contributed by atoms with Crippen LogP contribution in [-0.4, -0.2) is 18.5 Å². The Hall–Kier alpha value is -2.88. The Kier molecular flexibility index (Phi) is 7.89. The van der Waals surface area contributed by atoms with E-state index in [-0.39, 0.29) is 24.5 Å². The van der Waals surface area contributed by atoms with Gasteiger partial charge in [0.1, 0.15) is 6.61 Å². The minimum absolute atomic E-state index is 0.200. The molecule has 170 valence electrons. The highest BCUT2D eigenvalue weighted by Gasteiger charge is 2.37. The second-order valence-electron chi connectivity index (χ2n) is 8.91. The molecule has 2 atom stereocenters. The van der Waals surface area contributed by atoms with E-state index in [1.807, 2.05) is 45.0 Å². The first kappa shape index (κ1) is 23.8. The van der Waals surface area contributed by atoms with Crippen molar-refractivity contribution < 1.29 is 19.1 Å². The summed E-state index contributed by atoms with van der Waals surface area (Å²) < 4.78 is 11.2. The average molecular weight is 435 g/mol. The maximum absolute atomic E-state index is 13.2. The zero-order chi connectivity index (χ0) is 23.1. The fourth-order valence-corrected chi connectivity index (χ4v) is 4.17. The Morgan fingerprint density at radius 1 is 0.938 bits per heavy atom. The molecule has 3 aromatic carbocycles. The fraction of sp³-hybridized carbons (Fsp3) is 0.429. The summed E-state index contributed by atoms with van der Waals surface area (Å²) in [6.45, 7) is 8.36. The van der Waals surface area contributed by atoms with Crippen molar-refractivity contribution in [1.82, 2.24) is 0 Å². The molecular formula is C28H34O4. The lowest BCUT2D eigenvalue weighted by atomic mass is 9.79. The van der Waals surface area contributed by atoms with E-state index in [4.69, 9.17) is 9.47 Å². The number of benzene rings is 3. The molecule has 0 saturated heterocycles. The molecule has 32 heavy (non-hydrogen) atoms. The molecule has 0 N–H and O–H groups in total. The summed E-state index contributed by atoms with van der Waals surface area (Å²) in [5.74, 6) is -0.876. The summed E-state index contributed by atoms with van der Waals surface area (Å²) >= 11 is 0. The maximum Gasteiger partial charge on any atom is 0.312 e. The van der Waals surface area contributed by atoms with Crippen molar-refractivity contribution in [2.24, 2.45) is 11.3 Å². The molecule has 0 aliphatic carbocycles. The van der Waals surface area contributed by atoms with E-state index in [0.717, 1.165) is 39.9 Å². The molecular weight excluding hydrogens is 400 g/mol. The van der Waals surface area contributed by atoms with Crippen molar-refractivity contribution in [3.05, 3.63) is 60.2 Å². The van der Waals surface area contributed by atoms with Crippen LogP contribution in [0, 0.1) is 11.3 Å². The van der Waals surface area contributed by atoms with Crippen molar-refractivity contribution in [2.75, 3.05) is 6.61 Å². The lowest BCUT2D eigenvalue weighted by molar-refractivity contribution is -0.159. The number of carbonyl (C=O) groups excluding carboxylic acids is 2. The number of carbonyl (C=O) groups is 2. The molecule has 3 aromatic rings. The highest BCUT2D eigenvalue weighted by Crippen LogP contribution is 2.34. The molecule has 4 nitrogen and oxygen atoms in total. The van der Waals surface area contributed by atoms with Crippen LogP contribution in [-0.2, 0) is 25.7 Å². The molecule has 0 saturated carbocycles. The largest absolute Gasteiger partial charge is 0.465 e. The van der Waals surface area contributed by atoms with Crippen LogP contribution in [0.25, 0.3) is 21.5 Å². The zero-order valence-electron chi connectivity index (χ0n) is 19.6. The first-order valence-corrected chi connectivity index (χ1v) is 11.6. The second kappa shape index (κ2) is 10.6. The molecule has 0 aliphatic heterocycles. The Labute approximate surface area is 190 Å². The topological polar surface area (TPSA) is 52.6 Å². The van der Waals surface area contributed by atoms with Crippen molar-refractivity contribution in [3.8, 4) is 0 Å². The van der Waals surface area contributed by atoms with Crippen LogP contribution in [0.5, 0.6) is 0 Å². The molecule has 2 unspecified atom stereocenters. The standard InChI is InChI=1S/C28H34O4/c1-5-7-16-31-26(29)20(3)18-28(4,6-2)27(30)32-19-25-23-14-10-8-12-21(23)17-22-13-9-11-15-24(22)25/h8-15,17,20H,5-7,16,18-19H2,1-4H3. The molecule has 0 fully saturated rings. The quantitative estimate of drug-likeness (QED) is 0.199. The van der Waals surface area contributed by atoms with Gasteiger partial charge in [0.25, 0.3) is 0 Å². The Morgan fingerprint density at radius 3 is 2.09 bits per heavy atom. The van der Waals surface area contributed by atoms with Gasteiger partial charge in [-0.05, 0) is 53.8 Å². The number of fused-ring (bicyclic) bond motifs is 2. The molecule has 0 spiro atoms. The highest BCUT2D eigenvalue weighted by molar-refractivity contribution is 6.02. The van der Waals surface area contributed by atoms with Gasteiger partial charge in [-0.25, -0.2) is 0 Å². The van der Waals surface area contributed by atoms with E-state index in [1.165, 1.54) is 0 Å². The summed E-state index contributed by atoms with van der Waals surface area (Å²) in [7, 11) is 0. The van der Waals surface area contributed by atoms with E-state index in [9.17, 15) is 9.59 Å². The molecule has 0 aromatic heterocycles. The first-order valence-electron chi connectivity index (χ1n) is 11.6. The van der Waals surface area contributed by atoms with Gasteiger partial charge in [0.2, 0.25) is 0 Å². The number of ether oxygens (including phenoxy) is 2. The van der Waals surface area contributed by atoms with Gasteiger partial charge in [0.15, 0.2) is 0 Å². The van der Waals surface area contributed by atoms with E-state index >= 15 is 0 Å². The summed E-state index contributed by atoms with van der Waals surface area (Å²) in [5, 5.41) is 4.42. The van der Waals surface area contributed by atoms with Gasteiger partial charge in [-0.3, -0.25) is 9.59 Å². The summed E-state index contributed by atoms with van der Waals surface area (Å²) in [5.41, 5.74) is 0.265. The number of rotatable bonds is 10. The molecule has 3 rings (SSSR count). The predicted molar refractivity (Wildman–Crippen MR) is 129 cm³/mol. The van der Waals surface area contributed by atoms with Crippen LogP contribution in [0.3, 0.4) is 0 Å². The average Bonchev–Trinajstić information content (AvgIpc) is 2.81. The van der Waals surface area contributed by atoms with Gasteiger partial charge >= 0.3 is 11.9 Å². The summed E-state index contributed by atoms with van der Waals surface area (Å²) in [4.78, 5) is 25.5. The highest BCUT2D eigenvalue weighted by atomic mass is 16.5. The third kappa shape index (κ3) is 5.29. The Bertz CT molecular complexity index is 1030.